The summed E-state index contributed by atoms with van der Waals surface area (Å²) in [7, 11) is 0. The maximum Gasteiger partial charge on any atom is 0.274 e. The van der Waals surface area contributed by atoms with E-state index in [2.05, 4.69) is 10.2 Å². The lowest BCUT2D eigenvalue weighted by Gasteiger charge is -2.22. The molecule has 21 heavy (non-hydrogen) atoms. The predicted molar refractivity (Wildman–Crippen MR) is 74.2 cm³/mol. The first-order valence-corrected chi connectivity index (χ1v) is 6.74. The number of carbonyl (C=O) groups is 1. The molecule has 0 radical (unpaired) electrons. The molecule has 0 atom stereocenters. The van der Waals surface area contributed by atoms with Crippen molar-refractivity contribution in [1.82, 2.24) is 15.1 Å². The molecule has 1 N–H and O–H groups in total. The summed E-state index contributed by atoms with van der Waals surface area (Å²) < 4.78 is 12.9. The van der Waals surface area contributed by atoms with Gasteiger partial charge in [-0.3, -0.25) is 9.59 Å². The van der Waals surface area contributed by atoms with Crippen molar-refractivity contribution in [2.24, 2.45) is 0 Å². The third-order valence-corrected chi connectivity index (χ3v) is 3.41. The van der Waals surface area contributed by atoms with E-state index in [1.54, 1.807) is 17.0 Å². The smallest absolute Gasteiger partial charge is 0.274 e. The monoisotopic (exact) mass is 287 g/mol. The molecule has 0 spiro atoms. The Morgan fingerprint density at radius 1 is 1.24 bits per heavy atom. The van der Waals surface area contributed by atoms with E-state index in [1.165, 1.54) is 24.3 Å². The molecule has 2 aromatic rings. The minimum Gasteiger partial charge on any atom is -0.330 e. The van der Waals surface area contributed by atoms with E-state index in [4.69, 9.17) is 0 Å². The van der Waals surface area contributed by atoms with Gasteiger partial charge in [0.1, 0.15) is 11.5 Å². The molecule has 5 nitrogen and oxygen atoms in total. The number of nitrogens with zero attached hydrogens (tertiary/aromatic N) is 2. The van der Waals surface area contributed by atoms with Gasteiger partial charge in [-0.15, -0.1) is 0 Å². The normalized spacial score (nSPS) is 14.0. The second-order valence-corrected chi connectivity index (χ2v) is 5.10. The fourth-order valence-electron chi connectivity index (χ4n) is 2.15. The number of aromatic amines is 1. The summed E-state index contributed by atoms with van der Waals surface area (Å²) in [5.41, 5.74) is 0.729. The predicted octanol–water partition coefficient (Wildman–Crippen LogP) is 1.71. The Labute approximate surface area is 120 Å². The minimum atomic E-state index is -0.344. The summed E-state index contributed by atoms with van der Waals surface area (Å²) in [6.45, 7) is 0.407. The van der Waals surface area contributed by atoms with E-state index < -0.39 is 0 Å². The Balaban J connectivity index is 1.81. The van der Waals surface area contributed by atoms with Gasteiger partial charge < -0.3 is 4.90 Å². The molecule has 0 saturated heterocycles. The average molecular weight is 287 g/mol. The van der Waals surface area contributed by atoms with E-state index >= 15 is 0 Å². The molecule has 1 amide bonds. The molecule has 1 saturated carbocycles. The Kier molecular flexibility index (Phi) is 3.51. The van der Waals surface area contributed by atoms with Crippen LogP contribution < -0.4 is 5.56 Å². The first-order chi connectivity index (χ1) is 10.1. The fraction of sp³-hybridized carbons (Fsp3) is 0.267. The zero-order valence-electron chi connectivity index (χ0n) is 11.3. The minimum absolute atomic E-state index is 0.191. The van der Waals surface area contributed by atoms with Gasteiger partial charge in [0.05, 0.1) is 0 Å². The van der Waals surface area contributed by atoms with Crippen molar-refractivity contribution in [2.75, 3.05) is 0 Å². The van der Waals surface area contributed by atoms with Gasteiger partial charge in [-0.2, -0.15) is 5.10 Å². The second-order valence-electron chi connectivity index (χ2n) is 5.10. The molecule has 3 rings (SSSR count). The summed E-state index contributed by atoms with van der Waals surface area (Å²) in [5, 5.41) is 6.04. The van der Waals surface area contributed by atoms with E-state index in [-0.39, 0.29) is 29.0 Å². The van der Waals surface area contributed by atoms with Gasteiger partial charge in [0, 0.05) is 18.7 Å². The number of hydrogen-bond acceptors (Lipinski definition) is 3. The van der Waals surface area contributed by atoms with Gasteiger partial charge in [-0.1, -0.05) is 12.1 Å². The third kappa shape index (κ3) is 3.16. The summed E-state index contributed by atoms with van der Waals surface area (Å²) >= 11 is 0. The number of nitrogens with one attached hydrogen (secondary N) is 1. The molecule has 1 aromatic carbocycles. The Hall–Kier alpha value is -2.50. The number of rotatable bonds is 4. The lowest BCUT2D eigenvalue weighted by atomic mass is 10.2. The molecular formula is C15H14FN3O2. The van der Waals surface area contributed by atoms with Gasteiger partial charge in [-0.05, 0) is 36.6 Å². The molecule has 0 aliphatic heterocycles. The van der Waals surface area contributed by atoms with Crippen LogP contribution in [-0.2, 0) is 6.54 Å². The zero-order chi connectivity index (χ0) is 14.8. The molecule has 1 heterocycles. The number of aromatic nitrogens is 2. The van der Waals surface area contributed by atoms with Gasteiger partial charge in [0.15, 0.2) is 0 Å². The molecule has 108 valence electrons. The van der Waals surface area contributed by atoms with Crippen molar-refractivity contribution < 1.29 is 9.18 Å². The quantitative estimate of drug-likeness (QED) is 0.931. The van der Waals surface area contributed by atoms with Crippen LogP contribution in [0.25, 0.3) is 0 Å². The van der Waals surface area contributed by atoms with Crippen molar-refractivity contribution >= 4 is 5.91 Å². The van der Waals surface area contributed by atoms with Crippen molar-refractivity contribution in [1.29, 1.82) is 0 Å². The summed E-state index contributed by atoms with van der Waals surface area (Å²) in [6.07, 6.45) is 1.91. The van der Waals surface area contributed by atoms with Crippen LogP contribution in [0.3, 0.4) is 0 Å². The van der Waals surface area contributed by atoms with E-state index in [0.29, 0.717) is 6.54 Å². The molecular weight excluding hydrogens is 273 g/mol. The van der Waals surface area contributed by atoms with E-state index in [9.17, 15) is 14.0 Å². The summed E-state index contributed by atoms with van der Waals surface area (Å²) in [5.74, 6) is -0.525. The van der Waals surface area contributed by atoms with Gasteiger partial charge in [0.25, 0.3) is 11.5 Å². The highest BCUT2D eigenvalue weighted by Crippen LogP contribution is 2.29. The molecule has 1 fully saturated rings. The van der Waals surface area contributed by atoms with Crippen LogP contribution in [0, 0.1) is 5.82 Å². The van der Waals surface area contributed by atoms with Crippen molar-refractivity contribution in [3.05, 3.63) is 63.8 Å². The molecule has 0 unspecified atom stereocenters. The molecule has 1 aliphatic carbocycles. The number of benzene rings is 1. The average Bonchev–Trinajstić information content (AvgIpc) is 3.31. The molecule has 6 heteroatoms. The van der Waals surface area contributed by atoms with Crippen molar-refractivity contribution in [2.45, 2.75) is 25.4 Å². The van der Waals surface area contributed by atoms with Crippen molar-refractivity contribution in [3.63, 3.8) is 0 Å². The largest absolute Gasteiger partial charge is 0.330 e. The van der Waals surface area contributed by atoms with Gasteiger partial charge >= 0.3 is 0 Å². The number of halogens is 1. The number of carbonyl (C=O) groups excluding carboxylic acids is 1. The standard InChI is InChI=1S/C15H14FN3O2/c16-11-3-1-10(2-4-11)9-19(12-5-6-12)15(21)13-7-8-14(20)18-17-13/h1-4,7-8,12H,5-6,9H2,(H,18,20). The first kappa shape index (κ1) is 13.5. The van der Waals surface area contributed by atoms with E-state index in [0.717, 1.165) is 18.4 Å². The topological polar surface area (TPSA) is 66.1 Å². The highest BCUT2D eigenvalue weighted by Gasteiger charge is 2.33. The van der Waals surface area contributed by atoms with Crippen molar-refractivity contribution in [3.8, 4) is 0 Å². The highest BCUT2D eigenvalue weighted by molar-refractivity contribution is 5.92. The highest BCUT2D eigenvalue weighted by atomic mass is 19.1. The van der Waals surface area contributed by atoms with Crippen LogP contribution in [0.4, 0.5) is 4.39 Å². The number of amides is 1. The molecule has 0 bridgehead atoms. The van der Waals surface area contributed by atoms with Crippen LogP contribution in [-0.4, -0.2) is 27.0 Å². The molecule has 1 aliphatic rings. The number of hydrogen-bond donors (Lipinski definition) is 1. The third-order valence-electron chi connectivity index (χ3n) is 3.41. The lowest BCUT2D eigenvalue weighted by Crippen LogP contribution is -2.33. The van der Waals surface area contributed by atoms with Crippen LogP contribution in [0.5, 0.6) is 0 Å². The Morgan fingerprint density at radius 3 is 2.52 bits per heavy atom. The van der Waals surface area contributed by atoms with E-state index in [1.807, 2.05) is 0 Å². The second kappa shape index (κ2) is 5.47. The first-order valence-electron chi connectivity index (χ1n) is 6.74. The van der Waals surface area contributed by atoms with Crippen LogP contribution in [0.2, 0.25) is 0 Å². The molecule has 1 aromatic heterocycles. The Bertz CT molecular complexity index is 687. The maximum absolute atomic E-state index is 12.9. The van der Waals surface area contributed by atoms with Crippen LogP contribution in [0.1, 0.15) is 28.9 Å². The number of H-pyrrole nitrogens is 1. The zero-order valence-corrected chi connectivity index (χ0v) is 11.3. The summed E-state index contributed by atoms with van der Waals surface area (Å²) in [6, 6.07) is 8.98. The Morgan fingerprint density at radius 2 is 1.95 bits per heavy atom. The van der Waals surface area contributed by atoms with Crippen LogP contribution >= 0.6 is 0 Å². The SMILES string of the molecule is O=C(c1ccc(=O)[nH]n1)N(Cc1ccc(F)cc1)C1CC1. The van der Waals surface area contributed by atoms with Crippen LogP contribution in [0.15, 0.2) is 41.2 Å². The van der Waals surface area contributed by atoms with Gasteiger partial charge in [0.2, 0.25) is 0 Å². The fourth-order valence-corrected chi connectivity index (χ4v) is 2.15. The lowest BCUT2D eigenvalue weighted by molar-refractivity contribution is 0.0722. The maximum atomic E-state index is 12.9. The van der Waals surface area contributed by atoms with Gasteiger partial charge in [-0.25, -0.2) is 9.49 Å². The summed E-state index contributed by atoms with van der Waals surface area (Å²) in [4.78, 5) is 25.2.